The van der Waals surface area contributed by atoms with Crippen LogP contribution >= 0.6 is 0 Å². The Bertz CT molecular complexity index is 2740. The lowest BCUT2D eigenvalue weighted by molar-refractivity contribution is 0.398. The van der Waals surface area contributed by atoms with Gasteiger partial charge in [0.25, 0.3) is 0 Å². The van der Waals surface area contributed by atoms with E-state index in [1.54, 1.807) is 5.56 Å². The number of benzene rings is 7. The maximum Gasteiger partial charge on any atom is 0.160 e. The summed E-state index contributed by atoms with van der Waals surface area (Å²) in [6, 6.07) is 66.6. The zero-order valence-corrected chi connectivity index (χ0v) is 38.6. The molecule has 2 heteroatoms. The maximum absolute atomic E-state index is 5.18. The molecular formula is C63H64N2. The summed E-state index contributed by atoms with van der Waals surface area (Å²) in [5, 5.41) is 0. The summed E-state index contributed by atoms with van der Waals surface area (Å²) in [4.78, 5) is 10.3. The van der Waals surface area contributed by atoms with Gasteiger partial charge in [-0.2, -0.15) is 0 Å². The fourth-order valence-corrected chi connectivity index (χ4v) is 10.3. The minimum absolute atomic E-state index is 0.00851. The molecule has 0 saturated heterocycles. The van der Waals surface area contributed by atoms with Crippen LogP contribution in [0.4, 0.5) is 0 Å². The highest BCUT2D eigenvalue weighted by atomic mass is 14.9. The van der Waals surface area contributed by atoms with E-state index < -0.39 is 0 Å². The van der Waals surface area contributed by atoms with Gasteiger partial charge in [-0.05, 0) is 86.7 Å². The van der Waals surface area contributed by atoms with E-state index >= 15 is 0 Å². The first-order valence-electron chi connectivity index (χ1n) is 24.7. The van der Waals surface area contributed by atoms with Gasteiger partial charge < -0.3 is 0 Å². The Kier molecular flexibility index (Phi) is 14.2. The van der Waals surface area contributed by atoms with Crippen LogP contribution in [0, 0.1) is 0 Å². The zero-order valence-electron chi connectivity index (χ0n) is 38.6. The van der Waals surface area contributed by atoms with Gasteiger partial charge in [-0.3, -0.25) is 0 Å². The molecule has 0 fully saturated rings. The molecule has 0 amide bonds. The average molecular weight is 849 g/mol. The molecule has 1 aliphatic carbocycles. The van der Waals surface area contributed by atoms with Gasteiger partial charge in [-0.25, -0.2) is 9.97 Å². The van der Waals surface area contributed by atoms with E-state index in [1.165, 1.54) is 140 Å². The molecule has 0 spiro atoms. The molecular weight excluding hydrogens is 785 g/mol. The van der Waals surface area contributed by atoms with Gasteiger partial charge in [0.2, 0.25) is 0 Å². The predicted octanol–water partition coefficient (Wildman–Crippen LogP) is 18.2. The van der Waals surface area contributed by atoms with E-state index in [0.717, 1.165) is 33.9 Å². The van der Waals surface area contributed by atoms with Gasteiger partial charge >= 0.3 is 0 Å². The highest BCUT2D eigenvalue weighted by molar-refractivity contribution is 5.86. The van der Waals surface area contributed by atoms with Crippen molar-refractivity contribution < 1.29 is 0 Å². The maximum atomic E-state index is 5.18. The highest BCUT2D eigenvalue weighted by Gasteiger charge is 2.42. The van der Waals surface area contributed by atoms with E-state index in [0.29, 0.717) is 0 Å². The van der Waals surface area contributed by atoms with E-state index in [1.807, 2.05) is 6.07 Å². The molecule has 0 unspecified atom stereocenters. The lowest BCUT2D eigenvalue weighted by Crippen LogP contribution is -2.25. The summed E-state index contributed by atoms with van der Waals surface area (Å²) >= 11 is 0. The van der Waals surface area contributed by atoms with Gasteiger partial charge in [-0.1, -0.05) is 255 Å². The minimum atomic E-state index is -0.00851. The van der Waals surface area contributed by atoms with Crippen molar-refractivity contribution >= 4 is 0 Å². The zero-order chi connectivity index (χ0) is 44.3. The molecule has 0 atom stereocenters. The van der Waals surface area contributed by atoms with Crippen LogP contribution in [-0.2, 0) is 5.41 Å². The van der Waals surface area contributed by atoms with Gasteiger partial charge in [0.15, 0.2) is 5.82 Å². The molecule has 1 heterocycles. The van der Waals surface area contributed by atoms with Crippen LogP contribution in [0.3, 0.4) is 0 Å². The van der Waals surface area contributed by atoms with E-state index in [-0.39, 0.29) is 5.41 Å². The fourth-order valence-electron chi connectivity index (χ4n) is 10.3. The standard InChI is InChI=1S/C63H64N2/c1-3-5-7-9-11-22-42-63(43-23-12-10-8-6-4-2)58-44-54(48-26-18-14-19-27-48)38-40-56(58)57-41-39-55(45-59(57)63)50-32-36-52(37-33-50)61-46-60(64-62(65-61)53-28-20-15-21-29-53)51-34-30-49(31-35-51)47-24-16-13-17-25-47/h13-21,24-41,44-46H,3-12,22-23,42-43H2,1-2H3. The fraction of sp³-hybridized carbons (Fsp3) is 0.270. The van der Waals surface area contributed by atoms with Crippen molar-refractivity contribution in [3.8, 4) is 78.4 Å². The Labute approximate surface area is 388 Å². The number of unbranched alkanes of at least 4 members (excludes halogenated alkanes) is 10. The van der Waals surface area contributed by atoms with Crippen LogP contribution in [0.1, 0.15) is 115 Å². The summed E-state index contributed by atoms with van der Waals surface area (Å²) in [7, 11) is 0. The van der Waals surface area contributed by atoms with Crippen molar-refractivity contribution in [2.75, 3.05) is 0 Å². The monoisotopic (exact) mass is 849 g/mol. The number of fused-ring (bicyclic) bond motifs is 3. The van der Waals surface area contributed by atoms with Crippen LogP contribution in [0.25, 0.3) is 78.4 Å². The normalized spacial score (nSPS) is 12.5. The minimum Gasteiger partial charge on any atom is -0.228 e. The molecule has 0 radical (unpaired) electrons. The molecule has 0 saturated carbocycles. The smallest absolute Gasteiger partial charge is 0.160 e. The molecule has 1 aliphatic rings. The number of nitrogens with zero attached hydrogens (tertiary/aromatic N) is 2. The van der Waals surface area contributed by atoms with Crippen LogP contribution in [0.5, 0.6) is 0 Å². The average Bonchev–Trinajstić information content (AvgIpc) is 3.64. The van der Waals surface area contributed by atoms with Crippen molar-refractivity contribution in [3.63, 3.8) is 0 Å². The summed E-state index contributed by atoms with van der Waals surface area (Å²) in [6.07, 6.45) is 18.1. The molecule has 7 aromatic carbocycles. The van der Waals surface area contributed by atoms with Crippen LogP contribution in [-0.4, -0.2) is 9.97 Å². The largest absolute Gasteiger partial charge is 0.228 e. The van der Waals surface area contributed by atoms with Crippen molar-refractivity contribution in [1.82, 2.24) is 9.97 Å². The third-order valence-corrected chi connectivity index (χ3v) is 13.9. The molecule has 65 heavy (non-hydrogen) atoms. The van der Waals surface area contributed by atoms with Gasteiger partial charge in [0.1, 0.15) is 0 Å². The number of hydrogen-bond donors (Lipinski definition) is 0. The first-order valence-corrected chi connectivity index (χ1v) is 24.7. The number of rotatable bonds is 20. The van der Waals surface area contributed by atoms with Crippen LogP contribution < -0.4 is 0 Å². The molecule has 0 aliphatic heterocycles. The second-order valence-corrected chi connectivity index (χ2v) is 18.4. The highest BCUT2D eigenvalue weighted by Crippen LogP contribution is 2.56. The van der Waals surface area contributed by atoms with E-state index in [2.05, 4.69) is 190 Å². The summed E-state index contributed by atoms with van der Waals surface area (Å²) in [5.74, 6) is 0.731. The Morgan fingerprint density at radius 2 is 0.646 bits per heavy atom. The SMILES string of the molecule is CCCCCCCCC1(CCCCCCCC)c2cc(-c3ccccc3)ccc2-c2ccc(-c3ccc(-c4cc(-c5ccc(-c6ccccc6)cc5)nc(-c5ccccc5)n4)cc3)cc21. The summed E-state index contributed by atoms with van der Waals surface area (Å²) < 4.78 is 0. The van der Waals surface area contributed by atoms with Crippen molar-refractivity contribution in [2.45, 2.75) is 109 Å². The second-order valence-electron chi connectivity index (χ2n) is 18.4. The Hall–Kier alpha value is -6.38. The van der Waals surface area contributed by atoms with Crippen LogP contribution in [0.2, 0.25) is 0 Å². The van der Waals surface area contributed by atoms with Crippen molar-refractivity contribution in [3.05, 3.63) is 193 Å². The Morgan fingerprint density at radius 3 is 1.09 bits per heavy atom. The molecule has 8 aromatic rings. The van der Waals surface area contributed by atoms with Gasteiger partial charge in [0.05, 0.1) is 11.4 Å². The predicted molar refractivity (Wildman–Crippen MR) is 277 cm³/mol. The van der Waals surface area contributed by atoms with Crippen molar-refractivity contribution in [1.29, 1.82) is 0 Å². The summed E-state index contributed by atoms with van der Waals surface area (Å²) in [6.45, 7) is 4.64. The third kappa shape index (κ3) is 9.98. The number of hydrogen-bond acceptors (Lipinski definition) is 2. The molecule has 1 aromatic heterocycles. The quantitative estimate of drug-likeness (QED) is 0.0714. The first-order chi connectivity index (χ1) is 32.1. The molecule has 2 nitrogen and oxygen atoms in total. The topological polar surface area (TPSA) is 25.8 Å². The van der Waals surface area contributed by atoms with Crippen LogP contribution in [0.15, 0.2) is 182 Å². The van der Waals surface area contributed by atoms with E-state index in [4.69, 9.17) is 9.97 Å². The number of aromatic nitrogens is 2. The van der Waals surface area contributed by atoms with Gasteiger partial charge in [0, 0.05) is 22.1 Å². The lowest BCUT2D eigenvalue weighted by Gasteiger charge is -2.33. The molecule has 326 valence electrons. The lowest BCUT2D eigenvalue weighted by atomic mass is 9.70. The Balaban J connectivity index is 1.07. The van der Waals surface area contributed by atoms with Crippen molar-refractivity contribution in [2.24, 2.45) is 0 Å². The van der Waals surface area contributed by atoms with E-state index in [9.17, 15) is 0 Å². The third-order valence-electron chi connectivity index (χ3n) is 13.9. The summed E-state index contributed by atoms with van der Waals surface area (Å²) in [5.41, 5.74) is 18.5. The second kappa shape index (κ2) is 21.1. The Morgan fingerprint density at radius 1 is 0.308 bits per heavy atom. The molecule has 0 bridgehead atoms. The molecule has 0 N–H and O–H groups in total. The molecule has 9 rings (SSSR count). The first kappa shape index (κ1) is 43.9. The van der Waals surface area contributed by atoms with Gasteiger partial charge in [-0.15, -0.1) is 0 Å².